The summed E-state index contributed by atoms with van der Waals surface area (Å²) in [5, 5.41) is 2.77. The summed E-state index contributed by atoms with van der Waals surface area (Å²) in [7, 11) is -0.921. The molecule has 2 aromatic carbocycles. The first-order chi connectivity index (χ1) is 16.2. The molecular weight excluding hydrogens is 458 g/mol. The van der Waals surface area contributed by atoms with Crippen LogP contribution >= 0.6 is 0 Å². The molecule has 0 aliphatic heterocycles. The first-order valence-electron chi connectivity index (χ1n) is 11.0. The number of nitrogens with zero attached hydrogens (tertiary/aromatic N) is 2. The minimum Gasteiger partial charge on any atom is -0.493 e. The summed E-state index contributed by atoms with van der Waals surface area (Å²) in [6.07, 6.45) is 1.40. The van der Waals surface area contributed by atoms with E-state index in [2.05, 4.69) is 5.32 Å². The first-order valence-corrected chi connectivity index (χ1v) is 12.8. The van der Waals surface area contributed by atoms with Gasteiger partial charge in [0, 0.05) is 19.2 Å². The topological polar surface area (TPSA) is 105 Å². The predicted molar refractivity (Wildman–Crippen MR) is 131 cm³/mol. The Kier molecular flexibility index (Phi) is 9.73. The quantitative estimate of drug-likeness (QED) is 0.489. The molecule has 9 nitrogen and oxygen atoms in total. The number of rotatable bonds is 12. The van der Waals surface area contributed by atoms with Gasteiger partial charge < -0.3 is 19.7 Å². The Balaban J connectivity index is 2.45. The lowest BCUT2D eigenvalue weighted by molar-refractivity contribution is -0.140. The second-order valence-electron chi connectivity index (χ2n) is 7.63. The van der Waals surface area contributed by atoms with Crippen LogP contribution in [0.3, 0.4) is 0 Å². The molecule has 1 atom stereocenters. The van der Waals surface area contributed by atoms with Crippen LogP contribution in [0.15, 0.2) is 48.5 Å². The van der Waals surface area contributed by atoms with Crippen molar-refractivity contribution in [2.24, 2.45) is 0 Å². The van der Waals surface area contributed by atoms with Crippen LogP contribution in [0.2, 0.25) is 0 Å². The molecular formula is C24H33N3O6S. The number of likely N-dealkylation sites (N-methyl/N-ethyl adjacent to an activating group) is 1. The summed E-state index contributed by atoms with van der Waals surface area (Å²) in [4.78, 5) is 27.7. The van der Waals surface area contributed by atoms with E-state index < -0.39 is 28.5 Å². The van der Waals surface area contributed by atoms with Crippen LogP contribution in [-0.4, -0.2) is 64.7 Å². The van der Waals surface area contributed by atoms with E-state index in [0.29, 0.717) is 24.5 Å². The molecule has 2 aromatic rings. The molecule has 0 aromatic heterocycles. The zero-order valence-electron chi connectivity index (χ0n) is 20.3. The van der Waals surface area contributed by atoms with Crippen LogP contribution in [0.5, 0.6) is 11.5 Å². The van der Waals surface area contributed by atoms with E-state index in [9.17, 15) is 18.0 Å². The molecule has 1 N–H and O–H groups in total. The fraction of sp³-hybridized carbons (Fsp3) is 0.417. The molecule has 0 radical (unpaired) electrons. The minimum atomic E-state index is -3.84. The van der Waals surface area contributed by atoms with Gasteiger partial charge in [0.1, 0.15) is 12.6 Å². The van der Waals surface area contributed by atoms with Gasteiger partial charge in [0.15, 0.2) is 11.5 Å². The fourth-order valence-corrected chi connectivity index (χ4v) is 4.43. The van der Waals surface area contributed by atoms with E-state index in [4.69, 9.17) is 9.47 Å². The van der Waals surface area contributed by atoms with Gasteiger partial charge in [-0.2, -0.15) is 0 Å². The molecule has 0 unspecified atom stereocenters. The van der Waals surface area contributed by atoms with E-state index in [1.807, 2.05) is 37.3 Å². The predicted octanol–water partition coefficient (Wildman–Crippen LogP) is 2.41. The van der Waals surface area contributed by atoms with Crippen LogP contribution in [-0.2, 0) is 26.2 Å². The third-order valence-electron chi connectivity index (χ3n) is 5.27. The second-order valence-corrected chi connectivity index (χ2v) is 9.54. The maximum absolute atomic E-state index is 13.5. The number of hydrogen-bond donors (Lipinski definition) is 1. The fourth-order valence-electron chi connectivity index (χ4n) is 3.59. The van der Waals surface area contributed by atoms with Gasteiger partial charge >= 0.3 is 0 Å². The molecule has 0 spiro atoms. The molecule has 0 aliphatic carbocycles. The highest BCUT2D eigenvalue weighted by Crippen LogP contribution is 2.32. The maximum Gasteiger partial charge on any atom is 0.244 e. The standard InChI is InChI=1S/C24H33N3O6S/c1-6-20(24(29)25-7-2)26(16-18-11-9-8-10-12-18)23(28)17-27(34(5,30)31)19-13-14-21(32-3)22(15-19)33-4/h8-15,20H,6-7,16-17H2,1-5H3,(H,25,29)/t20-/m0/s1. The Morgan fingerprint density at radius 3 is 2.18 bits per heavy atom. The summed E-state index contributed by atoms with van der Waals surface area (Å²) in [5.74, 6) is -0.0246. The van der Waals surface area contributed by atoms with E-state index in [1.165, 1.54) is 31.3 Å². The molecule has 2 amide bonds. The molecule has 0 saturated carbocycles. The highest BCUT2D eigenvalue weighted by molar-refractivity contribution is 7.92. The van der Waals surface area contributed by atoms with Gasteiger partial charge in [0.2, 0.25) is 21.8 Å². The van der Waals surface area contributed by atoms with Crippen LogP contribution in [0, 0.1) is 0 Å². The molecule has 0 heterocycles. The molecule has 0 aliphatic rings. The van der Waals surface area contributed by atoms with E-state index in [0.717, 1.165) is 16.1 Å². The van der Waals surface area contributed by atoms with Gasteiger partial charge in [-0.05, 0) is 31.0 Å². The molecule has 2 rings (SSSR count). The van der Waals surface area contributed by atoms with Crippen LogP contribution < -0.4 is 19.1 Å². The summed E-state index contributed by atoms with van der Waals surface area (Å²) in [6.45, 7) is 3.73. The Hall–Kier alpha value is -3.27. The number of carbonyl (C=O) groups is 2. The Labute approximate surface area is 201 Å². The third kappa shape index (κ3) is 6.86. The highest BCUT2D eigenvalue weighted by Gasteiger charge is 2.31. The smallest absolute Gasteiger partial charge is 0.244 e. The van der Waals surface area contributed by atoms with Crippen LogP contribution in [0.1, 0.15) is 25.8 Å². The van der Waals surface area contributed by atoms with Gasteiger partial charge in [-0.1, -0.05) is 37.3 Å². The minimum absolute atomic E-state index is 0.166. The normalized spacial score (nSPS) is 11.9. The Morgan fingerprint density at radius 1 is 1.00 bits per heavy atom. The zero-order chi connectivity index (χ0) is 25.3. The molecule has 0 bridgehead atoms. The van der Waals surface area contributed by atoms with Gasteiger partial charge in [-0.3, -0.25) is 13.9 Å². The number of sulfonamides is 1. The largest absolute Gasteiger partial charge is 0.493 e. The van der Waals surface area contributed by atoms with Gasteiger partial charge in [-0.25, -0.2) is 8.42 Å². The Bertz CT molecular complexity index is 1080. The summed E-state index contributed by atoms with van der Waals surface area (Å²) < 4.78 is 36.9. The first kappa shape index (κ1) is 27.0. The average molecular weight is 492 g/mol. The second kappa shape index (κ2) is 12.3. The molecule has 0 fully saturated rings. The SMILES string of the molecule is CCNC(=O)[C@H](CC)N(Cc1ccccc1)C(=O)CN(c1ccc(OC)c(OC)c1)S(C)(=O)=O. The van der Waals surface area contributed by atoms with Crippen molar-refractivity contribution in [3.63, 3.8) is 0 Å². The number of amides is 2. The molecule has 0 saturated heterocycles. The lowest BCUT2D eigenvalue weighted by atomic mass is 10.1. The van der Waals surface area contributed by atoms with Crippen LogP contribution in [0.4, 0.5) is 5.69 Å². The zero-order valence-corrected chi connectivity index (χ0v) is 21.1. The van der Waals surface area contributed by atoms with Crippen molar-refractivity contribution in [1.29, 1.82) is 0 Å². The highest BCUT2D eigenvalue weighted by atomic mass is 32.2. The van der Waals surface area contributed by atoms with Crippen molar-refractivity contribution < 1.29 is 27.5 Å². The number of anilines is 1. The van der Waals surface area contributed by atoms with Crippen molar-refractivity contribution in [1.82, 2.24) is 10.2 Å². The van der Waals surface area contributed by atoms with Crippen molar-refractivity contribution in [3.05, 3.63) is 54.1 Å². The van der Waals surface area contributed by atoms with E-state index >= 15 is 0 Å². The van der Waals surface area contributed by atoms with Crippen molar-refractivity contribution in [2.45, 2.75) is 32.9 Å². The summed E-state index contributed by atoms with van der Waals surface area (Å²) in [5.41, 5.74) is 1.08. The molecule has 10 heteroatoms. The van der Waals surface area contributed by atoms with Crippen molar-refractivity contribution in [3.8, 4) is 11.5 Å². The average Bonchev–Trinajstić information content (AvgIpc) is 2.81. The van der Waals surface area contributed by atoms with Gasteiger partial charge in [0.25, 0.3) is 0 Å². The van der Waals surface area contributed by atoms with Crippen LogP contribution in [0.25, 0.3) is 0 Å². The van der Waals surface area contributed by atoms with Gasteiger partial charge in [-0.15, -0.1) is 0 Å². The number of hydrogen-bond acceptors (Lipinski definition) is 6. The monoisotopic (exact) mass is 491 g/mol. The lowest BCUT2D eigenvalue weighted by Gasteiger charge is -2.32. The number of methoxy groups -OCH3 is 2. The number of nitrogens with one attached hydrogen (secondary N) is 1. The lowest BCUT2D eigenvalue weighted by Crippen LogP contribution is -2.52. The van der Waals surface area contributed by atoms with Crippen molar-refractivity contribution >= 4 is 27.5 Å². The van der Waals surface area contributed by atoms with Crippen molar-refractivity contribution in [2.75, 3.05) is 37.9 Å². The maximum atomic E-state index is 13.5. The summed E-state index contributed by atoms with van der Waals surface area (Å²) >= 11 is 0. The number of benzene rings is 2. The van der Waals surface area contributed by atoms with E-state index in [-0.39, 0.29) is 18.1 Å². The molecule has 186 valence electrons. The molecule has 34 heavy (non-hydrogen) atoms. The summed E-state index contributed by atoms with van der Waals surface area (Å²) in [6, 6.07) is 13.1. The number of ether oxygens (including phenoxy) is 2. The number of carbonyl (C=O) groups excluding carboxylic acids is 2. The third-order valence-corrected chi connectivity index (χ3v) is 6.41. The Morgan fingerprint density at radius 2 is 1.65 bits per heavy atom. The van der Waals surface area contributed by atoms with E-state index in [1.54, 1.807) is 13.0 Å². The van der Waals surface area contributed by atoms with Gasteiger partial charge in [0.05, 0.1) is 26.2 Å².